The van der Waals surface area contributed by atoms with Crippen molar-refractivity contribution >= 4 is 28.9 Å². The molecule has 0 radical (unpaired) electrons. The largest absolute Gasteiger partial charge is 0.375 e. The molecule has 1 saturated carbocycles. The molecule has 2 aromatic rings. The van der Waals surface area contributed by atoms with E-state index in [0.29, 0.717) is 11.1 Å². The summed E-state index contributed by atoms with van der Waals surface area (Å²) in [6.07, 6.45) is 4.19. The quantitative estimate of drug-likeness (QED) is 0.807. The summed E-state index contributed by atoms with van der Waals surface area (Å²) in [6.45, 7) is 0. The summed E-state index contributed by atoms with van der Waals surface area (Å²) >= 11 is 12.1. The topological polar surface area (TPSA) is 24.9 Å². The van der Waals surface area contributed by atoms with Crippen LogP contribution in [0.2, 0.25) is 10.2 Å². The van der Waals surface area contributed by atoms with Crippen molar-refractivity contribution in [3.63, 3.8) is 0 Å². The van der Waals surface area contributed by atoms with Gasteiger partial charge in [-0.3, -0.25) is 0 Å². The molecule has 1 aromatic carbocycles. The molecule has 0 aliphatic heterocycles. The molecule has 1 aliphatic rings. The number of benzene rings is 1. The fraction of sp³-hybridized carbons (Fsp3) is 0.267. The summed E-state index contributed by atoms with van der Waals surface area (Å²) in [4.78, 5) is 4.10. The minimum atomic E-state index is 0.277. The first kappa shape index (κ1) is 12.8. The number of aromatic nitrogens is 1. The number of hydrogen-bond donors (Lipinski definition) is 1. The molecular formula is C15H14Cl2N2. The third-order valence-electron chi connectivity index (χ3n) is 3.39. The standard InChI is InChI=1S/C15H14Cl2N2/c16-12-7-5-11(6-8-12)14(10-3-4-10)19-13-2-1-9-18-15(13)17/h1-2,5-10,14,19H,3-4H2. The van der Waals surface area contributed by atoms with Gasteiger partial charge in [0.1, 0.15) is 0 Å². The number of nitrogens with zero attached hydrogens (tertiary/aromatic N) is 1. The van der Waals surface area contributed by atoms with Crippen LogP contribution in [-0.2, 0) is 0 Å². The number of hydrogen-bond acceptors (Lipinski definition) is 2. The summed E-state index contributed by atoms with van der Waals surface area (Å²) in [5, 5.41) is 4.79. The highest BCUT2D eigenvalue weighted by atomic mass is 35.5. The van der Waals surface area contributed by atoms with Crippen molar-refractivity contribution in [2.75, 3.05) is 5.32 Å². The van der Waals surface area contributed by atoms with E-state index in [1.165, 1.54) is 18.4 Å². The van der Waals surface area contributed by atoms with Crippen LogP contribution in [-0.4, -0.2) is 4.98 Å². The molecule has 19 heavy (non-hydrogen) atoms. The van der Waals surface area contributed by atoms with Gasteiger partial charge in [0, 0.05) is 11.2 Å². The first-order valence-corrected chi connectivity index (χ1v) is 7.12. The Balaban J connectivity index is 1.86. The molecule has 1 aromatic heterocycles. The Kier molecular flexibility index (Phi) is 3.63. The summed E-state index contributed by atoms with van der Waals surface area (Å²) in [7, 11) is 0. The Hall–Kier alpha value is -1.25. The second kappa shape index (κ2) is 5.40. The Morgan fingerprint density at radius 1 is 1.11 bits per heavy atom. The molecule has 98 valence electrons. The Bertz CT molecular complexity index is 565. The molecule has 1 heterocycles. The maximum atomic E-state index is 6.11. The van der Waals surface area contributed by atoms with E-state index >= 15 is 0 Å². The number of pyridine rings is 1. The molecule has 0 amide bonds. The van der Waals surface area contributed by atoms with Gasteiger partial charge in [-0.1, -0.05) is 35.3 Å². The maximum absolute atomic E-state index is 6.11. The lowest BCUT2D eigenvalue weighted by atomic mass is 10.0. The molecule has 4 heteroatoms. The number of anilines is 1. The van der Waals surface area contributed by atoms with Crippen molar-refractivity contribution in [3.8, 4) is 0 Å². The highest BCUT2D eigenvalue weighted by Gasteiger charge is 2.32. The molecule has 1 unspecified atom stereocenters. The van der Waals surface area contributed by atoms with E-state index in [0.717, 1.165) is 10.7 Å². The Morgan fingerprint density at radius 2 is 1.84 bits per heavy atom. The van der Waals surface area contributed by atoms with Crippen LogP contribution in [0.25, 0.3) is 0 Å². The first-order valence-electron chi connectivity index (χ1n) is 6.36. The van der Waals surface area contributed by atoms with E-state index in [4.69, 9.17) is 23.2 Å². The van der Waals surface area contributed by atoms with Crippen molar-refractivity contribution in [2.45, 2.75) is 18.9 Å². The van der Waals surface area contributed by atoms with Gasteiger partial charge in [-0.2, -0.15) is 0 Å². The van der Waals surface area contributed by atoms with Gasteiger partial charge in [-0.05, 0) is 48.6 Å². The summed E-state index contributed by atoms with van der Waals surface area (Å²) < 4.78 is 0. The molecule has 0 bridgehead atoms. The summed E-state index contributed by atoms with van der Waals surface area (Å²) in [6, 6.07) is 12.1. The molecular weight excluding hydrogens is 279 g/mol. The normalized spacial score (nSPS) is 16.1. The van der Waals surface area contributed by atoms with Gasteiger partial charge >= 0.3 is 0 Å². The minimum absolute atomic E-state index is 0.277. The predicted molar refractivity (Wildman–Crippen MR) is 79.8 cm³/mol. The van der Waals surface area contributed by atoms with Crippen LogP contribution in [0.4, 0.5) is 5.69 Å². The summed E-state index contributed by atoms with van der Waals surface area (Å²) in [5.41, 5.74) is 2.13. The predicted octanol–water partition coefficient (Wildman–Crippen LogP) is 4.95. The van der Waals surface area contributed by atoms with E-state index in [9.17, 15) is 0 Å². The molecule has 2 nitrogen and oxygen atoms in total. The zero-order valence-electron chi connectivity index (χ0n) is 10.3. The van der Waals surface area contributed by atoms with E-state index in [2.05, 4.69) is 22.4 Å². The van der Waals surface area contributed by atoms with Crippen LogP contribution in [0.15, 0.2) is 42.6 Å². The second-order valence-electron chi connectivity index (χ2n) is 4.85. The lowest BCUT2D eigenvalue weighted by molar-refractivity contribution is 0.678. The van der Waals surface area contributed by atoms with E-state index in [1.807, 2.05) is 24.3 Å². The molecule has 0 saturated heterocycles. The van der Waals surface area contributed by atoms with Gasteiger partial charge < -0.3 is 5.32 Å². The Labute approximate surface area is 122 Å². The smallest absolute Gasteiger partial charge is 0.152 e. The average Bonchev–Trinajstić information content (AvgIpc) is 3.24. The van der Waals surface area contributed by atoms with Gasteiger partial charge in [0.05, 0.1) is 11.7 Å². The highest BCUT2D eigenvalue weighted by Crippen LogP contribution is 2.43. The van der Waals surface area contributed by atoms with E-state index in [1.54, 1.807) is 6.20 Å². The van der Waals surface area contributed by atoms with Crippen LogP contribution in [0.3, 0.4) is 0 Å². The number of halogens is 2. The third-order valence-corrected chi connectivity index (χ3v) is 3.95. The fourth-order valence-electron chi connectivity index (χ4n) is 2.23. The van der Waals surface area contributed by atoms with Crippen molar-refractivity contribution in [1.82, 2.24) is 4.98 Å². The number of nitrogens with one attached hydrogen (secondary N) is 1. The van der Waals surface area contributed by atoms with Crippen LogP contribution in [0, 0.1) is 5.92 Å². The maximum Gasteiger partial charge on any atom is 0.152 e. The van der Waals surface area contributed by atoms with Gasteiger partial charge in [0.2, 0.25) is 0 Å². The molecule has 3 rings (SSSR count). The second-order valence-corrected chi connectivity index (χ2v) is 5.65. The van der Waals surface area contributed by atoms with Crippen molar-refractivity contribution in [1.29, 1.82) is 0 Å². The van der Waals surface area contributed by atoms with Gasteiger partial charge in [0.25, 0.3) is 0 Å². The SMILES string of the molecule is Clc1ccc(C(Nc2cccnc2Cl)C2CC2)cc1. The van der Waals surface area contributed by atoms with Crippen LogP contribution < -0.4 is 5.32 Å². The Morgan fingerprint density at radius 3 is 2.47 bits per heavy atom. The van der Waals surface area contributed by atoms with E-state index < -0.39 is 0 Å². The van der Waals surface area contributed by atoms with E-state index in [-0.39, 0.29) is 6.04 Å². The van der Waals surface area contributed by atoms with Gasteiger partial charge in [0.15, 0.2) is 5.15 Å². The highest BCUT2D eigenvalue weighted by molar-refractivity contribution is 6.32. The molecule has 1 fully saturated rings. The lowest BCUT2D eigenvalue weighted by Gasteiger charge is -2.20. The number of rotatable bonds is 4. The van der Waals surface area contributed by atoms with Crippen LogP contribution >= 0.6 is 23.2 Å². The van der Waals surface area contributed by atoms with Crippen molar-refractivity contribution in [2.24, 2.45) is 5.92 Å². The van der Waals surface area contributed by atoms with Gasteiger partial charge in [-0.15, -0.1) is 0 Å². The third kappa shape index (κ3) is 3.02. The zero-order chi connectivity index (χ0) is 13.2. The monoisotopic (exact) mass is 292 g/mol. The summed E-state index contributed by atoms with van der Waals surface area (Å²) in [5.74, 6) is 0.664. The van der Waals surface area contributed by atoms with Crippen LogP contribution in [0.1, 0.15) is 24.4 Å². The molecule has 1 atom stereocenters. The fourth-order valence-corrected chi connectivity index (χ4v) is 2.53. The van der Waals surface area contributed by atoms with Crippen molar-refractivity contribution < 1.29 is 0 Å². The molecule has 0 spiro atoms. The van der Waals surface area contributed by atoms with Gasteiger partial charge in [-0.25, -0.2) is 4.98 Å². The zero-order valence-corrected chi connectivity index (χ0v) is 11.8. The molecule has 1 N–H and O–H groups in total. The lowest BCUT2D eigenvalue weighted by Crippen LogP contribution is -2.13. The minimum Gasteiger partial charge on any atom is -0.375 e. The van der Waals surface area contributed by atoms with Crippen LogP contribution in [0.5, 0.6) is 0 Å². The average molecular weight is 293 g/mol. The van der Waals surface area contributed by atoms with Crippen molar-refractivity contribution in [3.05, 3.63) is 58.3 Å². The molecule has 1 aliphatic carbocycles. The first-order chi connectivity index (χ1) is 9.24.